The third-order valence-electron chi connectivity index (χ3n) is 6.27. The van der Waals surface area contributed by atoms with E-state index in [0.29, 0.717) is 26.1 Å². The Hall–Kier alpha value is -2.51. The van der Waals surface area contributed by atoms with Gasteiger partial charge >= 0.3 is 0 Å². The van der Waals surface area contributed by atoms with Crippen molar-refractivity contribution in [2.24, 2.45) is 5.92 Å². The van der Waals surface area contributed by atoms with Gasteiger partial charge in [0, 0.05) is 38.3 Å². The molecule has 186 valence electrons. The lowest BCUT2D eigenvalue weighted by molar-refractivity contribution is -0.142. The van der Waals surface area contributed by atoms with E-state index < -0.39 is 11.8 Å². The number of carbonyl (C=O) groups excluding carboxylic acids is 2. The maximum Gasteiger partial charge on any atom is 0.244 e. The third-order valence-corrected chi connectivity index (χ3v) is 6.65. The molecule has 0 aromatic heterocycles. The van der Waals surface area contributed by atoms with E-state index in [9.17, 15) is 9.59 Å². The lowest BCUT2D eigenvalue weighted by Gasteiger charge is -2.34. The molecule has 1 atom stereocenters. The molecule has 2 amide bonds. The highest BCUT2D eigenvalue weighted by molar-refractivity contribution is 6.30. The average molecular weight is 491 g/mol. The molecule has 2 N–H and O–H groups in total. The average Bonchev–Trinajstić information content (AvgIpc) is 2.86. The first-order valence-electron chi connectivity index (χ1n) is 12.2. The molecule has 0 radical (unpaired) electrons. The molecule has 1 aromatic carbocycles. The summed E-state index contributed by atoms with van der Waals surface area (Å²) in [6.07, 6.45) is 9.30. The lowest BCUT2D eigenvalue weighted by atomic mass is 9.93. The highest BCUT2D eigenvalue weighted by atomic mass is 35.5. The molecule has 1 saturated heterocycles. The largest absolute Gasteiger partial charge is 0.494 e. The van der Waals surface area contributed by atoms with E-state index in [0.717, 1.165) is 60.6 Å². The fraction of sp³-hybridized carbons (Fsp3) is 0.538. The Kier molecular flexibility index (Phi) is 10.3. The van der Waals surface area contributed by atoms with Gasteiger partial charge in [-0.25, -0.2) is 5.48 Å². The van der Waals surface area contributed by atoms with Gasteiger partial charge in [0.05, 0.1) is 11.6 Å². The van der Waals surface area contributed by atoms with Crippen molar-refractivity contribution in [2.75, 3.05) is 19.7 Å². The Bertz CT molecular complexity index is 876. The SMILES string of the molecule is CCOc1ccc(CCC[C@H](CC(=O)NO)C(=O)N2CCC(OC3=C(Cl)CCC=C3)CC2)cc1. The first-order chi connectivity index (χ1) is 16.5. The van der Waals surface area contributed by atoms with E-state index in [4.69, 9.17) is 26.3 Å². The van der Waals surface area contributed by atoms with Crippen LogP contribution in [0, 0.1) is 5.92 Å². The first kappa shape index (κ1) is 26.1. The molecule has 1 aromatic rings. The number of aryl methyl sites for hydroxylation is 1. The fourth-order valence-corrected chi connectivity index (χ4v) is 4.62. The van der Waals surface area contributed by atoms with Crippen molar-refractivity contribution in [1.82, 2.24) is 10.4 Å². The predicted molar refractivity (Wildman–Crippen MR) is 131 cm³/mol. The molecule has 0 saturated carbocycles. The van der Waals surface area contributed by atoms with Gasteiger partial charge in [0.15, 0.2) is 0 Å². The maximum absolute atomic E-state index is 13.2. The number of amides is 2. The third kappa shape index (κ3) is 7.77. The van der Waals surface area contributed by atoms with Crippen molar-refractivity contribution in [1.29, 1.82) is 0 Å². The summed E-state index contributed by atoms with van der Waals surface area (Å²) in [7, 11) is 0. The molecule has 34 heavy (non-hydrogen) atoms. The van der Waals surface area contributed by atoms with Crippen molar-refractivity contribution in [3.8, 4) is 5.75 Å². The Balaban J connectivity index is 1.51. The second-order valence-electron chi connectivity index (χ2n) is 8.76. The molecule has 0 unspecified atom stereocenters. The van der Waals surface area contributed by atoms with Crippen molar-refractivity contribution in [3.63, 3.8) is 0 Å². The maximum atomic E-state index is 13.2. The minimum atomic E-state index is -0.539. The molecule has 0 spiro atoms. The monoisotopic (exact) mass is 490 g/mol. The van der Waals surface area contributed by atoms with E-state index in [1.54, 1.807) is 5.48 Å². The summed E-state index contributed by atoms with van der Waals surface area (Å²) < 4.78 is 11.5. The molecular formula is C26H35ClN2O5. The number of ether oxygens (including phenoxy) is 2. The van der Waals surface area contributed by atoms with Gasteiger partial charge in [0.25, 0.3) is 0 Å². The standard InChI is InChI=1S/C26H35ClN2O5/c1-2-33-21-12-10-19(11-13-21)6-5-7-20(18-25(30)28-32)26(31)29-16-14-22(15-17-29)34-24-9-4-3-8-23(24)27/h4,9-13,20,22,32H,2-3,5-8,14-18H2,1H3,(H,28,30)/t20-/m1/s1. The summed E-state index contributed by atoms with van der Waals surface area (Å²) in [5, 5.41) is 9.74. The van der Waals surface area contributed by atoms with Gasteiger partial charge in [-0.15, -0.1) is 0 Å². The van der Waals surface area contributed by atoms with Crippen LogP contribution < -0.4 is 10.2 Å². The number of piperidine rings is 1. The number of rotatable bonds is 11. The van der Waals surface area contributed by atoms with E-state index in [2.05, 4.69) is 6.08 Å². The van der Waals surface area contributed by atoms with Crippen LogP contribution in [0.1, 0.15) is 57.4 Å². The molecule has 2 aliphatic rings. The summed E-state index contributed by atoms with van der Waals surface area (Å²) >= 11 is 6.27. The number of hydroxylamine groups is 1. The van der Waals surface area contributed by atoms with Crippen LogP contribution in [0.5, 0.6) is 5.75 Å². The molecular weight excluding hydrogens is 456 g/mol. The molecule has 1 fully saturated rings. The number of nitrogens with one attached hydrogen (secondary N) is 1. The highest BCUT2D eigenvalue weighted by Gasteiger charge is 2.30. The van der Waals surface area contributed by atoms with Gasteiger partial charge in [-0.2, -0.15) is 0 Å². The van der Waals surface area contributed by atoms with Crippen LogP contribution in [0.2, 0.25) is 0 Å². The van der Waals surface area contributed by atoms with Crippen molar-refractivity contribution < 1.29 is 24.3 Å². The molecule has 8 heteroatoms. The van der Waals surface area contributed by atoms with Crippen LogP contribution in [-0.2, 0) is 20.7 Å². The van der Waals surface area contributed by atoms with Crippen LogP contribution in [0.15, 0.2) is 47.2 Å². The van der Waals surface area contributed by atoms with Crippen molar-refractivity contribution in [3.05, 3.63) is 52.8 Å². The lowest BCUT2D eigenvalue weighted by Crippen LogP contribution is -2.44. The fourth-order valence-electron chi connectivity index (χ4n) is 4.40. The normalized spacial score (nSPS) is 17.4. The van der Waals surface area contributed by atoms with E-state index in [-0.39, 0.29) is 18.4 Å². The summed E-state index contributed by atoms with van der Waals surface area (Å²) in [5.74, 6) is 0.534. The zero-order valence-corrected chi connectivity index (χ0v) is 20.6. The number of benzene rings is 1. The number of likely N-dealkylation sites (tertiary alicyclic amines) is 1. The first-order valence-corrected chi connectivity index (χ1v) is 12.5. The minimum absolute atomic E-state index is 0.0226. The second-order valence-corrected chi connectivity index (χ2v) is 9.21. The van der Waals surface area contributed by atoms with E-state index in [1.807, 2.05) is 42.2 Å². The van der Waals surface area contributed by atoms with Crippen LogP contribution in [0.4, 0.5) is 0 Å². The minimum Gasteiger partial charge on any atom is -0.494 e. The van der Waals surface area contributed by atoms with Gasteiger partial charge < -0.3 is 14.4 Å². The number of nitrogens with zero attached hydrogens (tertiary/aromatic N) is 1. The Morgan fingerprint density at radius 3 is 2.62 bits per heavy atom. The van der Waals surface area contributed by atoms with Gasteiger partial charge in [0.1, 0.15) is 17.6 Å². The van der Waals surface area contributed by atoms with Crippen LogP contribution in [-0.4, -0.2) is 47.7 Å². The number of carbonyl (C=O) groups is 2. The summed E-state index contributed by atoms with van der Waals surface area (Å²) in [6.45, 7) is 3.73. The molecule has 1 aliphatic carbocycles. The summed E-state index contributed by atoms with van der Waals surface area (Å²) in [4.78, 5) is 26.9. The summed E-state index contributed by atoms with van der Waals surface area (Å²) in [6, 6.07) is 7.94. The summed E-state index contributed by atoms with van der Waals surface area (Å²) in [5.41, 5.74) is 2.83. The van der Waals surface area contributed by atoms with E-state index >= 15 is 0 Å². The number of hydrogen-bond donors (Lipinski definition) is 2. The van der Waals surface area contributed by atoms with E-state index in [1.165, 1.54) is 0 Å². The molecule has 1 heterocycles. The Morgan fingerprint density at radius 1 is 1.24 bits per heavy atom. The van der Waals surface area contributed by atoms with Crippen molar-refractivity contribution in [2.45, 2.75) is 64.4 Å². The predicted octanol–water partition coefficient (Wildman–Crippen LogP) is 4.73. The van der Waals surface area contributed by atoms with Gasteiger partial charge in [0.2, 0.25) is 11.8 Å². The zero-order valence-electron chi connectivity index (χ0n) is 19.8. The van der Waals surface area contributed by atoms with Crippen LogP contribution >= 0.6 is 11.6 Å². The molecule has 0 bridgehead atoms. The smallest absolute Gasteiger partial charge is 0.244 e. The quantitative estimate of drug-likeness (QED) is 0.346. The van der Waals surface area contributed by atoms with Crippen molar-refractivity contribution >= 4 is 23.4 Å². The number of halogens is 1. The van der Waals surface area contributed by atoms with Crippen LogP contribution in [0.3, 0.4) is 0 Å². The zero-order chi connectivity index (χ0) is 24.3. The Labute approximate surface area is 206 Å². The molecule has 3 rings (SSSR count). The van der Waals surface area contributed by atoms with Gasteiger partial charge in [-0.05, 0) is 62.8 Å². The second kappa shape index (κ2) is 13.4. The van der Waals surface area contributed by atoms with Gasteiger partial charge in [-0.3, -0.25) is 14.8 Å². The number of allylic oxidation sites excluding steroid dienone is 3. The number of hydrogen-bond acceptors (Lipinski definition) is 5. The Morgan fingerprint density at radius 2 is 1.97 bits per heavy atom. The highest BCUT2D eigenvalue weighted by Crippen LogP contribution is 2.28. The topological polar surface area (TPSA) is 88.1 Å². The van der Waals surface area contributed by atoms with Gasteiger partial charge in [-0.1, -0.05) is 29.8 Å². The molecule has 7 nitrogen and oxygen atoms in total. The van der Waals surface area contributed by atoms with Crippen LogP contribution in [0.25, 0.3) is 0 Å². The molecule has 1 aliphatic heterocycles.